The van der Waals surface area contributed by atoms with E-state index in [1.54, 1.807) is 0 Å². The minimum atomic E-state index is -0.739. The van der Waals surface area contributed by atoms with Gasteiger partial charge in [0.1, 0.15) is 5.60 Å². The molecule has 1 saturated heterocycles. The van der Waals surface area contributed by atoms with Crippen molar-refractivity contribution in [1.82, 2.24) is 4.90 Å². The quantitative estimate of drug-likeness (QED) is 0.845. The molecule has 0 unspecified atom stereocenters. The van der Waals surface area contributed by atoms with Crippen molar-refractivity contribution in [3.05, 3.63) is 34.9 Å². The van der Waals surface area contributed by atoms with Gasteiger partial charge in [0.2, 0.25) is 0 Å². The highest BCUT2D eigenvalue weighted by Crippen LogP contribution is 2.29. The number of rotatable bonds is 4. The van der Waals surface area contributed by atoms with E-state index in [4.69, 9.17) is 16.3 Å². The minimum Gasteiger partial charge on any atom is -0.366 e. The molecular weight excluding hydrogens is 286 g/mol. The van der Waals surface area contributed by atoms with E-state index in [2.05, 4.69) is 12.1 Å². The molecule has 1 heterocycles. The van der Waals surface area contributed by atoms with E-state index in [-0.39, 0.29) is 5.91 Å². The number of halogens is 1. The lowest BCUT2D eigenvalue weighted by Gasteiger charge is -2.37. The zero-order valence-corrected chi connectivity index (χ0v) is 13.8. The van der Waals surface area contributed by atoms with Crippen molar-refractivity contribution in [2.24, 2.45) is 0 Å². The molecule has 21 heavy (non-hydrogen) atoms. The van der Waals surface area contributed by atoms with E-state index >= 15 is 0 Å². The largest absolute Gasteiger partial charge is 0.366 e. The molecule has 1 fully saturated rings. The van der Waals surface area contributed by atoms with Crippen LogP contribution >= 0.6 is 11.6 Å². The third kappa shape index (κ3) is 3.98. The van der Waals surface area contributed by atoms with Crippen molar-refractivity contribution < 1.29 is 9.53 Å². The van der Waals surface area contributed by atoms with Crippen molar-refractivity contribution in [1.29, 1.82) is 0 Å². The summed E-state index contributed by atoms with van der Waals surface area (Å²) in [6, 6.07) is 7.97. The lowest BCUT2D eigenvalue weighted by Crippen LogP contribution is -2.50. The second kappa shape index (κ2) is 6.80. The number of carbonyl (C=O) groups excluding carboxylic acids is 1. The van der Waals surface area contributed by atoms with Crippen LogP contribution in [0.5, 0.6) is 0 Å². The van der Waals surface area contributed by atoms with Crippen molar-refractivity contribution >= 4 is 17.5 Å². The molecule has 1 aliphatic rings. The molecule has 2 rings (SSSR count). The molecule has 0 saturated carbocycles. The van der Waals surface area contributed by atoms with E-state index in [1.807, 2.05) is 37.8 Å². The maximum atomic E-state index is 12.6. The molecule has 116 valence electrons. The van der Waals surface area contributed by atoms with Crippen LogP contribution in [0.25, 0.3) is 0 Å². The predicted molar refractivity (Wildman–Crippen MR) is 85.7 cm³/mol. The summed E-state index contributed by atoms with van der Waals surface area (Å²) in [5, 5.41) is 0.750. The van der Waals surface area contributed by atoms with E-state index in [9.17, 15) is 4.79 Å². The van der Waals surface area contributed by atoms with Gasteiger partial charge in [0.15, 0.2) is 0 Å². The van der Waals surface area contributed by atoms with Crippen LogP contribution < -0.4 is 0 Å². The Kier molecular flexibility index (Phi) is 5.28. The summed E-state index contributed by atoms with van der Waals surface area (Å²) in [4.78, 5) is 14.6. The molecule has 3 nitrogen and oxygen atoms in total. The highest BCUT2D eigenvalue weighted by atomic mass is 35.5. The van der Waals surface area contributed by atoms with Crippen LogP contribution in [0.15, 0.2) is 24.3 Å². The fraction of sp³-hybridized carbons (Fsp3) is 0.588. The lowest BCUT2D eigenvalue weighted by atomic mass is 9.90. The van der Waals surface area contributed by atoms with Gasteiger partial charge in [-0.25, -0.2) is 0 Å². The number of nitrogens with zero attached hydrogens (tertiary/aromatic N) is 1. The first-order valence-electron chi connectivity index (χ1n) is 7.63. The Labute approximate surface area is 132 Å². The Morgan fingerprint density at radius 3 is 2.67 bits per heavy atom. The molecule has 0 aromatic heterocycles. The van der Waals surface area contributed by atoms with Crippen LogP contribution in [-0.4, -0.2) is 36.1 Å². The number of ether oxygens (including phenoxy) is 1. The number of hydrogen-bond acceptors (Lipinski definition) is 2. The van der Waals surface area contributed by atoms with Crippen LogP contribution in [0.4, 0.5) is 0 Å². The van der Waals surface area contributed by atoms with Gasteiger partial charge >= 0.3 is 0 Å². The number of hydrogen-bond donors (Lipinski definition) is 0. The van der Waals surface area contributed by atoms with E-state index in [0.717, 1.165) is 31.0 Å². The zero-order chi connectivity index (χ0) is 15.5. The third-order valence-corrected chi connectivity index (χ3v) is 4.32. The van der Waals surface area contributed by atoms with Crippen molar-refractivity contribution in [3.63, 3.8) is 0 Å². The monoisotopic (exact) mass is 309 g/mol. The first-order chi connectivity index (χ1) is 9.94. The van der Waals surface area contributed by atoms with Gasteiger partial charge in [-0.15, -0.1) is 0 Å². The van der Waals surface area contributed by atoms with Crippen molar-refractivity contribution in [2.45, 2.75) is 45.1 Å². The molecular formula is C17H24ClNO2. The van der Waals surface area contributed by atoms with E-state index in [1.165, 1.54) is 5.56 Å². The SMILES string of the molecule is CCOC(C)(C)C(=O)N1CCC[C@H](c2ccc(Cl)cc2)C1. The normalized spacial score (nSPS) is 19.6. The fourth-order valence-electron chi connectivity index (χ4n) is 2.97. The second-order valence-corrected chi connectivity index (χ2v) is 6.52. The smallest absolute Gasteiger partial charge is 0.254 e. The highest BCUT2D eigenvalue weighted by Gasteiger charge is 2.35. The second-order valence-electron chi connectivity index (χ2n) is 6.09. The molecule has 1 aliphatic heterocycles. The summed E-state index contributed by atoms with van der Waals surface area (Å²) in [6.07, 6.45) is 2.14. The van der Waals surface area contributed by atoms with E-state index in [0.29, 0.717) is 12.5 Å². The molecule has 0 N–H and O–H groups in total. The average molecular weight is 310 g/mol. The molecule has 0 radical (unpaired) electrons. The Hall–Kier alpha value is -1.06. The summed E-state index contributed by atoms with van der Waals surface area (Å²) in [6.45, 7) is 7.75. The standard InChI is InChI=1S/C17H24ClNO2/c1-4-21-17(2,3)16(20)19-11-5-6-14(12-19)13-7-9-15(18)10-8-13/h7-10,14H,4-6,11-12H2,1-3H3/t14-/m0/s1. The Balaban J connectivity index is 2.07. The van der Waals surface area contributed by atoms with Crippen molar-refractivity contribution in [3.8, 4) is 0 Å². The van der Waals surface area contributed by atoms with Crippen LogP contribution in [0.3, 0.4) is 0 Å². The molecule has 1 aromatic carbocycles. The maximum absolute atomic E-state index is 12.6. The molecule has 1 amide bonds. The predicted octanol–water partition coefficient (Wildman–Crippen LogP) is 3.86. The van der Waals surface area contributed by atoms with Gasteiger partial charge in [-0.2, -0.15) is 0 Å². The number of benzene rings is 1. The molecule has 1 atom stereocenters. The van der Waals surface area contributed by atoms with Gasteiger partial charge in [-0.05, 0) is 51.3 Å². The summed E-state index contributed by atoms with van der Waals surface area (Å²) in [7, 11) is 0. The topological polar surface area (TPSA) is 29.5 Å². The first-order valence-corrected chi connectivity index (χ1v) is 8.00. The third-order valence-electron chi connectivity index (χ3n) is 4.07. The maximum Gasteiger partial charge on any atom is 0.254 e. The van der Waals surface area contributed by atoms with Gasteiger partial charge < -0.3 is 9.64 Å². The van der Waals surface area contributed by atoms with Gasteiger partial charge in [0.25, 0.3) is 5.91 Å². The summed E-state index contributed by atoms with van der Waals surface area (Å²) in [5.74, 6) is 0.473. The molecule has 0 aliphatic carbocycles. The number of piperidine rings is 1. The minimum absolute atomic E-state index is 0.0861. The highest BCUT2D eigenvalue weighted by molar-refractivity contribution is 6.30. The van der Waals surface area contributed by atoms with Crippen molar-refractivity contribution in [2.75, 3.05) is 19.7 Å². The number of likely N-dealkylation sites (tertiary alicyclic amines) is 1. The lowest BCUT2D eigenvalue weighted by molar-refractivity contribution is -0.155. The summed E-state index contributed by atoms with van der Waals surface area (Å²) in [5.41, 5.74) is 0.516. The Morgan fingerprint density at radius 1 is 1.38 bits per heavy atom. The van der Waals surface area contributed by atoms with Gasteiger partial charge in [-0.1, -0.05) is 23.7 Å². The summed E-state index contributed by atoms with van der Waals surface area (Å²) >= 11 is 5.94. The molecule has 0 spiro atoms. The Morgan fingerprint density at radius 2 is 2.05 bits per heavy atom. The fourth-order valence-corrected chi connectivity index (χ4v) is 3.10. The molecule has 4 heteroatoms. The molecule has 0 bridgehead atoms. The van der Waals surface area contributed by atoms with Gasteiger partial charge in [0.05, 0.1) is 0 Å². The van der Waals surface area contributed by atoms with Crippen LogP contribution in [0.2, 0.25) is 5.02 Å². The average Bonchev–Trinajstić information content (AvgIpc) is 2.47. The van der Waals surface area contributed by atoms with Crippen LogP contribution in [0, 0.1) is 0 Å². The first kappa shape index (κ1) is 16.3. The zero-order valence-electron chi connectivity index (χ0n) is 13.1. The number of amides is 1. The van der Waals surface area contributed by atoms with Crippen LogP contribution in [-0.2, 0) is 9.53 Å². The van der Waals surface area contributed by atoms with E-state index < -0.39 is 5.60 Å². The van der Waals surface area contributed by atoms with Gasteiger partial charge in [0, 0.05) is 30.6 Å². The van der Waals surface area contributed by atoms with Gasteiger partial charge in [-0.3, -0.25) is 4.79 Å². The Bertz CT molecular complexity index is 484. The van der Waals surface area contributed by atoms with Crippen LogP contribution in [0.1, 0.15) is 45.1 Å². The summed E-state index contributed by atoms with van der Waals surface area (Å²) < 4.78 is 5.59. The molecule has 1 aromatic rings. The number of carbonyl (C=O) groups is 1.